The fraction of sp³-hybridized carbons (Fsp3) is 0.370. The maximum atomic E-state index is 13.3. The van der Waals surface area contributed by atoms with Crippen LogP contribution in [0.1, 0.15) is 49.2 Å². The minimum atomic E-state index is -0.416. The minimum absolute atomic E-state index is 0.00447. The molecule has 1 saturated heterocycles. The first-order valence-electron chi connectivity index (χ1n) is 11.6. The van der Waals surface area contributed by atoms with E-state index in [1.54, 1.807) is 13.2 Å². The first-order chi connectivity index (χ1) is 16.0. The maximum absolute atomic E-state index is 13.3. The SMILES string of the molecule is CC[C@H](C)Oc1ccc(C(=O)N2CCC3(CC2)Oc2ccccc2-n2cccc23)cc1OC. The van der Waals surface area contributed by atoms with Crippen molar-refractivity contribution >= 4 is 5.91 Å². The highest BCUT2D eigenvalue weighted by Crippen LogP contribution is 2.45. The molecule has 1 spiro atoms. The molecule has 0 aliphatic carbocycles. The topological polar surface area (TPSA) is 52.9 Å². The highest BCUT2D eigenvalue weighted by molar-refractivity contribution is 5.95. The molecule has 2 aromatic carbocycles. The van der Waals surface area contributed by atoms with E-state index in [4.69, 9.17) is 14.2 Å². The van der Waals surface area contributed by atoms with Crippen LogP contribution in [0.5, 0.6) is 17.2 Å². The number of likely N-dealkylation sites (tertiary alicyclic amines) is 1. The van der Waals surface area contributed by atoms with Crippen LogP contribution in [0.15, 0.2) is 60.8 Å². The standard InChI is InChI=1S/C27H30N2O4/c1-4-19(2)32-23-12-11-20(18-24(23)31-3)26(30)28-16-13-27(14-17-28)25-10-7-15-29(25)21-8-5-6-9-22(21)33-27/h5-12,15,18-19H,4,13-14,16-17H2,1-3H3/t19-/m0/s1. The number of hydrogen-bond acceptors (Lipinski definition) is 4. The number of aromatic nitrogens is 1. The molecule has 1 aromatic heterocycles. The molecule has 0 N–H and O–H groups in total. The van der Waals surface area contributed by atoms with Gasteiger partial charge in [-0.2, -0.15) is 0 Å². The van der Waals surface area contributed by atoms with E-state index in [1.807, 2.05) is 42.2 Å². The van der Waals surface area contributed by atoms with Crippen LogP contribution in [-0.2, 0) is 5.60 Å². The van der Waals surface area contributed by atoms with Crippen LogP contribution >= 0.6 is 0 Å². The van der Waals surface area contributed by atoms with Gasteiger partial charge in [0.05, 0.1) is 24.6 Å². The van der Waals surface area contributed by atoms with Gasteiger partial charge in [0.25, 0.3) is 5.91 Å². The van der Waals surface area contributed by atoms with Gasteiger partial charge in [-0.1, -0.05) is 19.1 Å². The van der Waals surface area contributed by atoms with Gasteiger partial charge in [-0.3, -0.25) is 4.79 Å². The van der Waals surface area contributed by atoms with Crippen LogP contribution in [-0.4, -0.2) is 41.7 Å². The smallest absolute Gasteiger partial charge is 0.253 e. The molecule has 172 valence electrons. The average molecular weight is 447 g/mol. The zero-order valence-corrected chi connectivity index (χ0v) is 19.4. The number of amides is 1. The first kappa shape index (κ1) is 21.4. The lowest BCUT2D eigenvalue weighted by molar-refractivity contribution is -0.00931. The van der Waals surface area contributed by atoms with Gasteiger partial charge in [0, 0.05) is 37.7 Å². The summed E-state index contributed by atoms with van der Waals surface area (Å²) >= 11 is 0. The number of methoxy groups -OCH3 is 1. The van der Waals surface area contributed by atoms with Crippen molar-refractivity contribution < 1.29 is 19.0 Å². The number of nitrogens with zero attached hydrogens (tertiary/aromatic N) is 2. The van der Waals surface area contributed by atoms with E-state index in [9.17, 15) is 4.79 Å². The first-order valence-corrected chi connectivity index (χ1v) is 11.6. The van der Waals surface area contributed by atoms with Crippen LogP contribution in [0, 0.1) is 0 Å². The normalized spacial score (nSPS) is 17.0. The Labute approximate surface area is 194 Å². The van der Waals surface area contributed by atoms with E-state index in [0.717, 1.165) is 36.4 Å². The summed E-state index contributed by atoms with van der Waals surface area (Å²) in [4.78, 5) is 15.2. The lowest BCUT2D eigenvalue weighted by Gasteiger charge is -2.45. The predicted octanol–water partition coefficient (Wildman–Crippen LogP) is 5.19. The number of rotatable bonds is 5. The van der Waals surface area contributed by atoms with Crippen molar-refractivity contribution in [3.8, 4) is 22.9 Å². The fourth-order valence-electron chi connectivity index (χ4n) is 4.78. The molecule has 1 atom stereocenters. The van der Waals surface area contributed by atoms with Crippen molar-refractivity contribution in [1.82, 2.24) is 9.47 Å². The summed E-state index contributed by atoms with van der Waals surface area (Å²) in [6, 6.07) is 17.8. The number of fused-ring (bicyclic) bond motifs is 4. The van der Waals surface area contributed by atoms with Gasteiger partial charge in [-0.25, -0.2) is 0 Å². The van der Waals surface area contributed by atoms with Crippen LogP contribution < -0.4 is 14.2 Å². The van der Waals surface area contributed by atoms with Crippen LogP contribution in [0.2, 0.25) is 0 Å². The number of carbonyl (C=O) groups is 1. The second-order valence-electron chi connectivity index (χ2n) is 8.82. The zero-order chi connectivity index (χ0) is 23.0. The second-order valence-corrected chi connectivity index (χ2v) is 8.82. The Morgan fingerprint density at radius 1 is 1.09 bits per heavy atom. The van der Waals surface area contributed by atoms with E-state index < -0.39 is 5.60 Å². The minimum Gasteiger partial charge on any atom is -0.493 e. The van der Waals surface area contributed by atoms with Gasteiger partial charge in [-0.05, 0) is 55.8 Å². The molecule has 2 aliphatic heterocycles. The van der Waals surface area contributed by atoms with E-state index in [0.29, 0.717) is 30.2 Å². The maximum Gasteiger partial charge on any atom is 0.253 e. The van der Waals surface area contributed by atoms with Gasteiger partial charge in [0.1, 0.15) is 5.75 Å². The Balaban J connectivity index is 1.33. The third-order valence-electron chi connectivity index (χ3n) is 6.82. The molecular weight excluding hydrogens is 416 g/mol. The Morgan fingerprint density at radius 3 is 2.64 bits per heavy atom. The molecule has 0 saturated carbocycles. The molecule has 2 aliphatic rings. The third kappa shape index (κ3) is 3.73. The summed E-state index contributed by atoms with van der Waals surface area (Å²) in [5.74, 6) is 2.14. The van der Waals surface area contributed by atoms with Gasteiger partial charge in [-0.15, -0.1) is 0 Å². The highest BCUT2D eigenvalue weighted by Gasteiger charge is 2.44. The molecule has 1 amide bonds. The quantitative estimate of drug-likeness (QED) is 0.541. The van der Waals surface area contributed by atoms with Crippen molar-refractivity contribution in [3.63, 3.8) is 0 Å². The van der Waals surface area contributed by atoms with Gasteiger partial charge in [0.15, 0.2) is 17.1 Å². The highest BCUT2D eigenvalue weighted by atomic mass is 16.5. The molecule has 33 heavy (non-hydrogen) atoms. The molecule has 6 nitrogen and oxygen atoms in total. The lowest BCUT2D eigenvalue weighted by atomic mass is 9.86. The molecule has 6 heteroatoms. The number of benzene rings is 2. The number of hydrogen-bond donors (Lipinski definition) is 0. The lowest BCUT2D eigenvalue weighted by Crippen LogP contribution is -2.50. The zero-order valence-electron chi connectivity index (χ0n) is 19.4. The predicted molar refractivity (Wildman–Crippen MR) is 127 cm³/mol. The number of carbonyl (C=O) groups excluding carboxylic acids is 1. The molecule has 0 radical (unpaired) electrons. The molecule has 3 aromatic rings. The molecular formula is C27H30N2O4. The fourth-order valence-corrected chi connectivity index (χ4v) is 4.78. The summed E-state index contributed by atoms with van der Waals surface area (Å²) < 4.78 is 20.2. The summed E-state index contributed by atoms with van der Waals surface area (Å²) in [7, 11) is 1.60. The molecule has 0 bridgehead atoms. The number of para-hydroxylation sites is 2. The second kappa shape index (κ2) is 8.50. The van der Waals surface area contributed by atoms with Gasteiger partial charge in [0.2, 0.25) is 0 Å². The number of ether oxygens (including phenoxy) is 3. The largest absolute Gasteiger partial charge is 0.493 e. The van der Waals surface area contributed by atoms with E-state index in [-0.39, 0.29) is 12.0 Å². The number of piperidine rings is 1. The molecule has 0 unspecified atom stereocenters. The van der Waals surface area contributed by atoms with Crippen molar-refractivity contribution in [1.29, 1.82) is 0 Å². The van der Waals surface area contributed by atoms with Crippen molar-refractivity contribution in [2.75, 3.05) is 20.2 Å². The Bertz CT molecular complexity index is 1160. The summed E-state index contributed by atoms with van der Waals surface area (Å²) in [5.41, 5.74) is 2.41. The van der Waals surface area contributed by atoms with E-state index >= 15 is 0 Å². The summed E-state index contributed by atoms with van der Waals surface area (Å²) in [6.45, 7) is 5.34. The van der Waals surface area contributed by atoms with Gasteiger partial charge < -0.3 is 23.7 Å². The van der Waals surface area contributed by atoms with Crippen LogP contribution in [0.3, 0.4) is 0 Å². The van der Waals surface area contributed by atoms with Crippen molar-refractivity contribution in [2.24, 2.45) is 0 Å². The molecule has 3 heterocycles. The van der Waals surface area contributed by atoms with E-state index in [2.05, 4.69) is 35.9 Å². The van der Waals surface area contributed by atoms with E-state index in [1.165, 1.54) is 0 Å². The third-order valence-corrected chi connectivity index (χ3v) is 6.82. The Morgan fingerprint density at radius 2 is 1.88 bits per heavy atom. The molecule has 1 fully saturated rings. The van der Waals surface area contributed by atoms with Crippen molar-refractivity contribution in [3.05, 3.63) is 72.1 Å². The molecule has 5 rings (SSSR count). The monoisotopic (exact) mass is 446 g/mol. The Hall–Kier alpha value is -3.41. The Kier molecular flexibility index (Phi) is 5.52. The van der Waals surface area contributed by atoms with Crippen molar-refractivity contribution in [2.45, 2.75) is 44.8 Å². The van der Waals surface area contributed by atoms with Crippen LogP contribution in [0.25, 0.3) is 5.69 Å². The van der Waals surface area contributed by atoms with Crippen LogP contribution in [0.4, 0.5) is 0 Å². The summed E-state index contributed by atoms with van der Waals surface area (Å²) in [5, 5.41) is 0. The summed E-state index contributed by atoms with van der Waals surface area (Å²) in [6.07, 6.45) is 4.55. The van der Waals surface area contributed by atoms with Gasteiger partial charge >= 0.3 is 0 Å². The average Bonchev–Trinajstić information content (AvgIpc) is 3.36.